The summed E-state index contributed by atoms with van der Waals surface area (Å²) in [5.74, 6) is 0.0106. The summed E-state index contributed by atoms with van der Waals surface area (Å²) in [5, 5.41) is 8.58. The van der Waals surface area contributed by atoms with Crippen LogP contribution in [0.2, 0.25) is 0 Å². The van der Waals surface area contributed by atoms with E-state index in [1.54, 1.807) is 37.4 Å². The summed E-state index contributed by atoms with van der Waals surface area (Å²) in [6.07, 6.45) is 8.41. The molecule has 0 saturated carbocycles. The second-order valence-electron chi connectivity index (χ2n) is 7.29. The van der Waals surface area contributed by atoms with Gasteiger partial charge in [0.2, 0.25) is 5.91 Å². The number of aromatic nitrogens is 5. The Labute approximate surface area is 168 Å². The third-order valence-corrected chi connectivity index (χ3v) is 5.00. The van der Waals surface area contributed by atoms with E-state index in [-0.39, 0.29) is 11.8 Å². The minimum absolute atomic E-state index is 0.0798. The Bertz CT molecular complexity index is 1070. The van der Waals surface area contributed by atoms with E-state index in [2.05, 4.69) is 26.4 Å². The molecule has 0 aromatic carbocycles. The van der Waals surface area contributed by atoms with Gasteiger partial charge in [-0.15, -0.1) is 5.10 Å². The highest BCUT2D eigenvalue weighted by Crippen LogP contribution is 2.24. The molecular weight excluding hydrogens is 370 g/mol. The lowest BCUT2D eigenvalue weighted by Crippen LogP contribution is -2.36. The molecule has 1 N–H and O–H groups in total. The van der Waals surface area contributed by atoms with Crippen molar-refractivity contribution in [2.45, 2.75) is 19.4 Å². The van der Waals surface area contributed by atoms with E-state index in [1.807, 2.05) is 17.0 Å². The number of carbonyl (C=O) groups excluding carboxylic acids is 2. The van der Waals surface area contributed by atoms with Crippen LogP contribution in [-0.2, 0) is 11.3 Å². The average molecular weight is 393 g/mol. The summed E-state index contributed by atoms with van der Waals surface area (Å²) in [5.41, 5.74) is 3.20. The van der Waals surface area contributed by atoms with E-state index < -0.39 is 0 Å². The van der Waals surface area contributed by atoms with Crippen LogP contribution in [0.5, 0.6) is 0 Å². The summed E-state index contributed by atoms with van der Waals surface area (Å²) in [6.45, 7) is 1.75. The van der Waals surface area contributed by atoms with Crippen molar-refractivity contribution in [3.63, 3.8) is 0 Å². The monoisotopic (exact) mass is 393 g/mol. The third kappa shape index (κ3) is 4.03. The van der Waals surface area contributed by atoms with Crippen molar-refractivity contribution in [3.05, 3.63) is 48.2 Å². The molecule has 0 bridgehead atoms. The second kappa shape index (κ2) is 7.86. The Kier molecular flexibility index (Phi) is 5.11. The quantitative estimate of drug-likeness (QED) is 0.709. The minimum Gasteiger partial charge on any atom is -0.349 e. The molecule has 9 heteroatoms. The zero-order valence-electron chi connectivity index (χ0n) is 16.5. The Morgan fingerprint density at radius 3 is 2.90 bits per heavy atom. The van der Waals surface area contributed by atoms with Gasteiger partial charge in [-0.2, -0.15) is 0 Å². The number of nitrogens with zero attached hydrogens (tertiary/aromatic N) is 6. The highest BCUT2D eigenvalue weighted by Gasteiger charge is 2.20. The largest absolute Gasteiger partial charge is 0.349 e. The Morgan fingerprint density at radius 1 is 1.28 bits per heavy atom. The fourth-order valence-electron chi connectivity index (χ4n) is 3.43. The molecule has 1 aliphatic heterocycles. The van der Waals surface area contributed by atoms with E-state index in [9.17, 15) is 9.59 Å². The molecule has 1 aliphatic rings. The number of aromatic amines is 1. The van der Waals surface area contributed by atoms with Gasteiger partial charge in [-0.1, -0.05) is 11.3 Å². The summed E-state index contributed by atoms with van der Waals surface area (Å²) in [4.78, 5) is 35.8. The van der Waals surface area contributed by atoms with Crippen LogP contribution in [0, 0.1) is 0 Å². The standard InChI is InChI=1S/C20H23N7O2/c1-25(2)20(29)17-11-15-10-16(21-12-18(15)23-17)14-4-3-7-26(13-14)19(28)5-8-27-9-6-22-24-27/h4,6,9-12,23H,3,5,7-8,13H2,1-2H3. The number of H-pyrrole nitrogens is 1. The van der Waals surface area contributed by atoms with Crippen LogP contribution in [0.15, 0.2) is 36.8 Å². The second-order valence-corrected chi connectivity index (χ2v) is 7.29. The molecule has 0 fully saturated rings. The van der Waals surface area contributed by atoms with Crippen LogP contribution < -0.4 is 0 Å². The van der Waals surface area contributed by atoms with Gasteiger partial charge in [0.05, 0.1) is 30.1 Å². The minimum atomic E-state index is -0.0798. The zero-order chi connectivity index (χ0) is 20.4. The summed E-state index contributed by atoms with van der Waals surface area (Å²) >= 11 is 0. The SMILES string of the molecule is CN(C)C(=O)c1cc2cc(C3=CCCN(C(=O)CCn4ccnn4)C3)ncc2[nH]1. The number of fused-ring (bicyclic) bond motifs is 1. The fourth-order valence-corrected chi connectivity index (χ4v) is 3.43. The van der Waals surface area contributed by atoms with E-state index in [1.165, 1.54) is 4.90 Å². The van der Waals surface area contributed by atoms with Gasteiger partial charge in [0, 0.05) is 45.2 Å². The van der Waals surface area contributed by atoms with Gasteiger partial charge in [0.25, 0.3) is 5.91 Å². The molecule has 0 atom stereocenters. The van der Waals surface area contributed by atoms with E-state index in [4.69, 9.17) is 0 Å². The lowest BCUT2D eigenvalue weighted by molar-refractivity contribution is -0.131. The Morgan fingerprint density at radius 2 is 2.14 bits per heavy atom. The fraction of sp³-hybridized carbons (Fsp3) is 0.350. The zero-order valence-corrected chi connectivity index (χ0v) is 16.5. The van der Waals surface area contributed by atoms with Crippen LogP contribution in [-0.4, -0.2) is 73.8 Å². The van der Waals surface area contributed by atoms with Gasteiger partial charge in [-0.25, -0.2) is 0 Å². The Balaban J connectivity index is 1.47. The average Bonchev–Trinajstić information content (AvgIpc) is 3.40. The maximum Gasteiger partial charge on any atom is 0.269 e. The van der Waals surface area contributed by atoms with Crippen molar-refractivity contribution in [3.8, 4) is 0 Å². The first-order valence-electron chi connectivity index (χ1n) is 9.53. The molecule has 3 aromatic heterocycles. The lowest BCUT2D eigenvalue weighted by Gasteiger charge is -2.27. The van der Waals surface area contributed by atoms with Gasteiger partial charge in [0.15, 0.2) is 0 Å². The van der Waals surface area contributed by atoms with Crippen molar-refractivity contribution in [2.24, 2.45) is 0 Å². The highest BCUT2D eigenvalue weighted by atomic mass is 16.2. The smallest absolute Gasteiger partial charge is 0.269 e. The number of carbonyl (C=O) groups is 2. The van der Waals surface area contributed by atoms with Gasteiger partial charge >= 0.3 is 0 Å². The summed E-state index contributed by atoms with van der Waals surface area (Å²) < 4.78 is 1.66. The predicted molar refractivity (Wildman–Crippen MR) is 108 cm³/mol. The third-order valence-electron chi connectivity index (χ3n) is 5.00. The first-order chi connectivity index (χ1) is 14.0. The number of rotatable bonds is 5. The van der Waals surface area contributed by atoms with Crippen LogP contribution >= 0.6 is 0 Å². The van der Waals surface area contributed by atoms with Crippen molar-refractivity contribution >= 4 is 28.3 Å². The topological polar surface area (TPSA) is 100 Å². The molecule has 0 radical (unpaired) electrons. The normalized spacial score (nSPS) is 14.1. The van der Waals surface area contributed by atoms with Crippen LogP contribution in [0.25, 0.3) is 16.5 Å². The van der Waals surface area contributed by atoms with Gasteiger partial charge in [-0.05, 0) is 24.1 Å². The molecule has 0 spiro atoms. The van der Waals surface area contributed by atoms with Crippen LogP contribution in [0.3, 0.4) is 0 Å². The molecule has 4 rings (SSSR count). The van der Waals surface area contributed by atoms with Crippen LogP contribution in [0.1, 0.15) is 29.0 Å². The number of nitrogens with one attached hydrogen (secondary N) is 1. The number of hydrogen-bond donors (Lipinski definition) is 1. The summed E-state index contributed by atoms with van der Waals surface area (Å²) in [7, 11) is 3.44. The van der Waals surface area contributed by atoms with Gasteiger partial charge in [0.1, 0.15) is 5.69 Å². The molecule has 3 aromatic rings. The lowest BCUT2D eigenvalue weighted by atomic mass is 10.0. The van der Waals surface area contributed by atoms with Crippen molar-refractivity contribution < 1.29 is 9.59 Å². The van der Waals surface area contributed by atoms with Gasteiger partial charge in [-0.3, -0.25) is 19.3 Å². The van der Waals surface area contributed by atoms with Crippen molar-refractivity contribution in [1.82, 2.24) is 34.8 Å². The van der Waals surface area contributed by atoms with Gasteiger partial charge < -0.3 is 14.8 Å². The summed E-state index contributed by atoms with van der Waals surface area (Å²) in [6, 6.07) is 3.81. The van der Waals surface area contributed by atoms with E-state index in [0.29, 0.717) is 31.7 Å². The van der Waals surface area contributed by atoms with Crippen LogP contribution in [0.4, 0.5) is 0 Å². The molecule has 0 aliphatic carbocycles. The molecule has 9 nitrogen and oxygen atoms in total. The number of aryl methyl sites for hydroxylation is 1. The Hall–Kier alpha value is -3.49. The molecule has 0 unspecified atom stereocenters. The molecule has 0 saturated heterocycles. The number of hydrogen-bond acceptors (Lipinski definition) is 5. The number of amides is 2. The maximum atomic E-state index is 12.6. The van der Waals surface area contributed by atoms with Crippen molar-refractivity contribution in [2.75, 3.05) is 27.2 Å². The first kappa shape index (κ1) is 18.9. The maximum absolute atomic E-state index is 12.6. The van der Waals surface area contributed by atoms with E-state index in [0.717, 1.165) is 28.6 Å². The molecule has 150 valence electrons. The highest BCUT2D eigenvalue weighted by molar-refractivity contribution is 5.98. The first-order valence-corrected chi connectivity index (χ1v) is 9.53. The molecule has 2 amide bonds. The number of pyridine rings is 1. The van der Waals surface area contributed by atoms with E-state index >= 15 is 0 Å². The van der Waals surface area contributed by atoms with Crippen molar-refractivity contribution in [1.29, 1.82) is 0 Å². The molecular formula is C20H23N7O2. The molecule has 4 heterocycles. The molecule has 29 heavy (non-hydrogen) atoms. The predicted octanol–water partition coefficient (Wildman–Crippen LogP) is 1.56.